The summed E-state index contributed by atoms with van der Waals surface area (Å²) in [6, 6.07) is 0. The first kappa shape index (κ1) is 30.0. The maximum absolute atomic E-state index is 7.75. The quantitative estimate of drug-likeness (QED) is 0.343. The first-order valence-electron chi connectivity index (χ1n) is 5.22. The van der Waals surface area contributed by atoms with Gasteiger partial charge in [0, 0.05) is 6.42 Å². The van der Waals surface area contributed by atoms with E-state index < -0.39 is 0 Å². The second-order valence-corrected chi connectivity index (χ2v) is 3.44. The monoisotopic (exact) mass is 328 g/mol. The molecule has 4 heteroatoms. The van der Waals surface area contributed by atoms with Crippen LogP contribution in [0, 0.1) is 12.5 Å². The van der Waals surface area contributed by atoms with Crippen molar-refractivity contribution >= 4 is 13.6 Å². The Morgan fingerprint density at radius 1 is 1.00 bits per heavy atom. The van der Waals surface area contributed by atoms with E-state index in [1.54, 1.807) is 0 Å². The van der Waals surface area contributed by atoms with E-state index in [1.165, 1.54) is 25.2 Å². The molecule has 0 atom stereocenters. The van der Waals surface area contributed by atoms with Gasteiger partial charge in [-0.25, -0.2) is 6.57 Å². The predicted octanol–water partition coefficient (Wildman–Crippen LogP) is 3.56. The van der Waals surface area contributed by atoms with E-state index in [-0.39, 0.29) is 19.5 Å². The van der Waals surface area contributed by atoms with Crippen molar-refractivity contribution in [2.75, 3.05) is 6.54 Å². The van der Waals surface area contributed by atoms with Crippen LogP contribution in [-0.4, -0.2) is 20.1 Å². The molecule has 0 heterocycles. The molecule has 0 spiro atoms. The van der Waals surface area contributed by atoms with E-state index in [1.807, 2.05) is 0 Å². The number of rotatable bonds is 4. The summed E-state index contributed by atoms with van der Waals surface area (Å²) < 4.78 is 0. The van der Waals surface area contributed by atoms with Gasteiger partial charge in [-0.05, 0) is 6.42 Å². The van der Waals surface area contributed by atoms with Crippen molar-refractivity contribution in [3.8, 4) is 0 Å². The third kappa shape index (κ3) is 141. The molecule has 0 radical (unpaired) electrons. The SMILES string of the molecule is C[C-](C)C.[C-]#[N+]CCCCCC.[CH-]=O.[CH-]=O.[Ru+4]. The van der Waals surface area contributed by atoms with Crippen molar-refractivity contribution in [2.24, 2.45) is 0 Å². The van der Waals surface area contributed by atoms with E-state index >= 15 is 0 Å². The molecule has 0 N–H and O–H groups in total. The second kappa shape index (κ2) is 45.2. The smallest absolute Gasteiger partial charge is 0.545 e. The zero-order chi connectivity index (χ0) is 13.8. The topological polar surface area (TPSA) is 38.5 Å². The fraction of sp³-hybridized carbons (Fsp3) is 0.692. The maximum Gasteiger partial charge on any atom is 4.00 e. The molecule has 0 aliphatic heterocycles. The van der Waals surface area contributed by atoms with Crippen molar-refractivity contribution in [2.45, 2.75) is 53.4 Å². The summed E-state index contributed by atoms with van der Waals surface area (Å²) in [7, 11) is 0. The minimum absolute atomic E-state index is 0. The first-order valence-corrected chi connectivity index (χ1v) is 5.22. The molecule has 0 unspecified atom stereocenters. The van der Waals surface area contributed by atoms with Gasteiger partial charge in [0.2, 0.25) is 6.54 Å². The molecule has 3 nitrogen and oxygen atoms in total. The van der Waals surface area contributed by atoms with Crippen molar-refractivity contribution < 1.29 is 29.1 Å². The Morgan fingerprint density at radius 3 is 1.59 bits per heavy atom. The van der Waals surface area contributed by atoms with Crippen LogP contribution in [0.5, 0.6) is 0 Å². The normalized spacial score (nSPS) is 6.59. The Balaban J connectivity index is -0.0000000457. The van der Waals surface area contributed by atoms with Gasteiger partial charge in [-0.15, -0.1) is 0 Å². The average Bonchev–Trinajstić information content (AvgIpc) is 2.29. The van der Waals surface area contributed by atoms with Crippen LogP contribution in [0.15, 0.2) is 0 Å². The van der Waals surface area contributed by atoms with Crippen LogP contribution < -0.4 is 0 Å². The van der Waals surface area contributed by atoms with Crippen molar-refractivity contribution in [1.82, 2.24) is 0 Å². The van der Waals surface area contributed by atoms with Gasteiger partial charge in [0.25, 0.3) is 0 Å². The third-order valence-electron chi connectivity index (χ3n) is 1.12. The van der Waals surface area contributed by atoms with Crippen LogP contribution in [0.2, 0.25) is 0 Å². The molecular weight excluding hydrogens is 303 g/mol. The summed E-state index contributed by atoms with van der Waals surface area (Å²) in [4.78, 5) is 18.8. The van der Waals surface area contributed by atoms with Gasteiger partial charge < -0.3 is 20.4 Å². The largest absolute Gasteiger partial charge is 4.00 e. The summed E-state index contributed by atoms with van der Waals surface area (Å²) >= 11 is 0. The zero-order valence-electron chi connectivity index (χ0n) is 11.3. The van der Waals surface area contributed by atoms with Gasteiger partial charge in [0.15, 0.2) is 0 Å². The van der Waals surface area contributed by atoms with Gasteiger partial charge in [-0.3, -0.25) is 13.6 Å². The number of carbonyl (C=O) groups excluding carboxylic acids is 2. The van der Waals surface area contributed by atoms with Crippen LogP contribution in [-0.2, 0) is 29.1 Å². The Morgan fingerprint density at radius 2 is 1.35 bits per heavy atom. The summed E-state index contributed by atoms with van der Waals surface area (Å²) in [5.41, 5.74) is 0. The van der Waals surface area contributed by atoms with Crippen LogP contribution in [0.3, 0.4) is 0 Å². The molecule has 0 saturated heterocycles. The summed E-state index contributed by atoms with van der Waals surface area (Å²) in [5.74, 6) is 1.42. The summed E-state index contributed by atoms with van der Waals surface area (Å²) in [6.45, 7) is 22.1. The first-order chi connectivity index (χ1) is 7.65. The Kier molecular flexibility index (Phi) is 79.6. The molecule has 0 aliphatic rings. The standard InChI is InChI=1S/C7H13N.C4H9.2CHO.Ru/c1-3-4-5-6-7-8-2;1-4(2)3;2*1-2;/h3-7H2,1H3;1-3H3;2*1H;/q;3*-1;+4. The van der Waals surface area contributed by atoms with Gasteiger partial charge >= 0.3 is 19.5 Å². The fourth-order valence-electron chi connectivity index (χ4n) is 0.618. The molecule has 0 aromatic carbocycles. The summed E-state index contributed by atoms with van der Waals surface area (Å²) in [5, 5.41) is 0. The van der Waals surface area contributed by atoms with Crippen LogP contribution in [0.1, 0.15) is 53.4 Å². The van der Waals surface area contributed by atoms with E-state index in [4.69, 9.17) is 16.2 Å². The molecule has 0 saturated carbocycles. The molecule has 0 fully saturated rings. The van der Waals surface area contributed by atoms with Crippen LogP contribution >= 0.6 is 0 Å². The van der Waals surface area contributed by atoms with E-state index in [9.17, 15) is 0 Å². The molecule has 0 amide bonds. The molecule has 0 aromatic heterocycles. The minimum atomic E-state index is 0. The second-order valence-electron chi connectivity index (χ2n) is 3.44. The van der Waals surface area contributed by atoms with E-state index in [0.717, 1.165) is 13.0 Å². The molecule has 100 valence electrons. The molecular formula is C13H24NO2Ru+. The fourth-order valence-corrected chi connectivity index (χ4v) is 0.618. The number of hydrogen-bond acceptors (Lipinski definition) is 2. The zero-order valence-corrected chi connectivity index (χ0v) is 13.0. The van der Waals surface area contributed by atoms with Crippen LogP contribution in [0.4, 0.5) is 0 Å². The molecule has 0 rings (SSSR count). The van der Waals surface area contributed by atoms with Gasteiger partial charge in [-0.1, -0.05) is 19.8 Å². The third-order valence-corrected chi connectivity index (χ3v) is 1.12. The molecule has 17 heavy (non-hydrogen) atoms. The van der Waals surface area contributed by atoms with Crippen molar-refractivity contribution in [3.05, 3.63) is 17.3 Å². The van der Waals surface area contributed by atoms with Crippen molar-refractivity contribution in [1.29, 1.82) is 0 Å². The Hall–Kier alpha value is -0.547. The van der Waals surface area contributed by atoms with E-state index in [0.29, 0.717) is 0 Å². The molecule has 0 bridgehead atoms. The average molecular weight is 327 g/mol. The van der Waals surface area contributed by atoms with Crippen molar-refractivity contribution in [3.63, 3.8) is 0 Å². The Labute approximate surface area is 120 Å². The predicted molar refractivity (Wildman–Crippen MR) is 69.4 cm³/mol. The van der Waals surface area contributed by atoms with Gasteiger partial charge in [0.1, 0.15) is 0 Å². The molecule has 0 aliphatic carbocycles. The molecule has 0 aromatic rings. The van der Waals surface area contributed by atoms with Crippen LogP contribution in [0.25, 0.3) is 4.85 Å². The Bertz CT molecular complexity index is 131. The van der Waals surface area contributed by atoms with E-state index in [2.05, 4.69) is 46.1 Å². The number of unbranched alkanes of at least 4 members (excludes halogenated alkanes) is 3. The van der Waals surface area contributed by atoms with Gasteiger partial charge in [-0.2, -0.15) is 20.8 Å². The number of nitrogens with zero attached hydrogens (tertiary/aromatic N) is 1. The number of hydrogen-bond donors (Lipinski definition) is 0. The summed E-state index contributed by atoms with van der Waals surface area (Å²) in [6.07, 6.45) is 4.88. The maximum atomic E-state index is 7.75. The van der Waals surface area contributed by atoms with Gasteiger partial charge in [0.05, 0.1) is 0 Å². The minimum Gasteiger partial charge on any atom is -0.545 e.